The molecule has 1 heterocycles. The van der Waals surface area contributed by atoms with Crippen molar-refractivity contribution in [3.8, 4) is 5.75 Å². The average Bonchev–Trinajstić information content (AvgIpc) is 3.13. The van der Waals surface area contributed by atoms with Crippen LogP contribution in [0.3, 0.4) is 0 Å². The molecule has 2 aromatic rings. The maximum absolute atomic E-state index is 5.55. The van der Waals surface area contributed by atoms with E-state index in [-0.39, 0.29) is 0 Å². The lowest BCUT2D eigenvalue weighted by molar-refractivity contribution is 0.357. The maximum Gasteiger partial charge on any atom is 0.122 e. The minimum Gasteiger partial charge on any atom is -0.493 e. The van der Waals surface area contributed by atoms with Gasteiger partial charge in [-0.15, -0.1) is 0 Å². The molecular weight excluding hydrogens is 246 g/mol. The maximum atomic E-state index is 5.55. The van der Waals surface area contributed by atoms with Gasteiger partial charge in [-0.2, -0.15) is 0 Å². The highest BCUT2D eigenvalue weighted by Gasteiger charge is 2.37. The van der Waals surface area contributed by atoms with Crippen LogP contribution in [0.4, 0.5) is 0 Å². The largest absolute Gasteiger partial charge is 0.493 e. The molecule has 1 aliphatic carbocycles. The van der Waals surface area contributed by atoms with E-state index in [1.54, 1.807) is 0 Å². The van der Waals surface area contributed by atoms with Gasteiger partial charge in [0.15, 0.2) is 0 Å². The normalized spacial score (nSPS) is 23.2. The minimum absolute atomic E-state index is 0.641. The molecule has 0 radical (unpaired) electrons. The Hall–Kier alpha value is -1.80. The molecule has 0 aromatic heterocycles. The first-order chi connectivity index (χ1) is 9.90. The van der Waals surface area contributed by atoms with Crippen molar-refractivity contribution in [2.24, 2.45) is 0 Å². The topological polar surface area (TPSA) is 21.3 Å². The molecule has 2 aromatic carbocycles. The molecule has 2 aliphatic rings. The van der Waals surface area contributed by atoms with E-state index in [1.165, 1.54) is 23.1 Å². The van der Waals surface area contributed by atoms with Crippen LogP contribution in [-0.2, 0) is 13.0 Å². The van der Waals surface area contributed by atoms with Crippen molar-refractivity contribution in [3.63, 3.8) is 0 Å². The second kappa shape index (κ2) is 4.95. The molecule has 0 saturated heterocycles. The standard InChI is InChI=1S/C18H19NO/c1-2-4-14(5-3-1)16-11-17(16)19-12-13-6-7-18-15(10-13)8-9-20-18/h1-7,10,16-17,19H,8-9,11-12H2/t16-,17+/m0/s1. The smallest absolute Gasteiger partial charge is 0.122 e. The molecule has 1 aliphatic heterocycles. The Morgan fingerprint density at radius 1 is 1.10 bits per heavy atom. The Kier molecular flexibility index (Phi) is 2.96. The monoisotopic (exact) mass is 265 g/mol. The second-order valence-corrected chi connectivity index (χ2v) is 5.78. The Labute approximate surface area is 119 Å². The Morgan fingerprint density at radius 2 is 2.00 bits per heavy atom. The summed E-state index contributed by atoms with van der Waals surface area (Å²) in [6, 6.07) is 18.0. The molecule has 0 amide bonds. The summed E-state index contributed by atoms with van der Waals surface area (Å²) >= 11 is 0. The average molecular weight is 265 g/mol. The molecule has 4 rings (SSSR count). The summed E-state index contributed by atoms with van der Waals surface area (Å²) in [7, 11) is 0. The van der Waals surface area contributed by atoms with E-state index in [9.17, 15) is 0 Å². The third kappa shape index (κ3) is 2.32. The van der Waals surface area contributed by atoms with E-state index in [0.717, 1.165) is 25.3 Å². The first-order valence-corrected chi connectivity index (χ1v) is 7.43. The summed E-state index contributed by atoms with van der Waals surface area (Å²) in [6.45, 7) is 1.80. The highest BCUT2D eigenvalue weighted by Crippen LogP contribution is 2.40. The van der Waals surface area contributed by atoms with Crippen molar-refractivity contribution in [2.45, 2.75) is 31.3 Å². The third-order valence-corrected chi connectivity index (χ3v) is 4.34. The number of fused-ring (bicyclic) bond motifs is 1. The highest BCUT2D eigenvalue weighted by atomic mass is 16.5. The fourth-order valence-electron chi connectivity index (χ4n) is 3.09. The Balaban J connectivity index is 1.36. The zero-order valence-corrected chi connectivity index (χ0v) is 11.5. The summed E-state index contributed by atoms with van der Waals surface area (Å²) in [5.41, 5.74) is 4.19. The molecule has 1 N–H and O–H groups in total. The van der Waals surface area contributed by atoms with Crippen molar-refractivity contribution < 1.29 is 4.74 Å². The first kappa shape index (κ1) is 12.0. The van der Waals surface area contributed by atoms with Gasteiger partial charge in [-0.05, 0) is 29.2 Å². The molecular formula is C18H19NO. The molecule has 2 heteroatoms. The van der Waals surface area contributed by atoms with Crippen LogP contribution in [0.1, 0.15) is 29.0 Å². The van der Waals surface area contributed by atoms with Crippen molar-refractivity contribution >= 4 is 0 Å². The molecule has 1 fully saturated rings. The predicted octanol–water partition coefficient (Wildman–Crippen LogP) is 3.27. The number of ether oxygens (including phenoxy) is 1. The van der Waals surface area contributed by atoms with E-state index in [1.807, 2.05) is 0 Å². The van der Waals surface area contributed by atoms with Crippen LogP contribution >= 0.6 is 0 Å². The minimum atomic E-state index is 0.641. The number of hydrogen-bond donors (Lipinski definition) is 1. The SMILES string of the molecule is c1ccc([C@@H]2C[C@H]2NCc2ccc3c(c2)CCO3)cc1. The molecule has 0 unspecified atom stereocenters. The van der Waals surface area contributed by atoms with Gasteiger partial charge in [-0.25, -0.2) is 0 Å². The summed E-state index contributed by atoms with van der Waals surface area (Å²) in [4.78, 5) is 0. The summed E-state index contributed by atoms with van der Waals surface area (Å²) in [5, 5.41) is 3.67. The fraction of sp³-hybridized carbons (Fsp3) is 0.333. The van der Waals surface area contributed by atoms with Gasteiger partial charge in [0.1, 0.15) is 5.75 Å². The molecule has 20 heavy (non-hydrogen) atoms. The van der Waals surface area contributed by atoms with E-state index in [2.05, 4.69) is 53.8 Å². The zero-order valence-electron chi connectivity index (χ0n) is 11.5. The van der Waals surface area contributed by atoms with Crippen LogP contribution < -0.4 is 10.1 Å². The van der Waals surface area contributed by atoms with Crippen LogP contribution in [0.25, 0.3) is 0 Å². The van der Waals surface area contributed by atoms with Gasteiger partial charge < -0.3 is 10.1 Å². The fourth-order valence-corrected chi connectivity index (χ4v) is 3.09. The number of benzene rings is 2. The van der Waals surface area contributed by atoms with E-state index >= 15 is 0 Å². The quantitative estimate of drug-likeness (QED) is 0.916. The molecule has 0 spiro atoms. The predicted molar refractivity (Wildman–Crippen MR) is 80.1 cm³/mol. The Morgan fingerprint density at radius 3 is 2.90 bits per heavy atom. The lowest BCUT2D eigenvalue weighted by Gasteiger charge is -2.06. The third-order valence-electron chi connectivity index (χ3n) is 4.34. The number of hydrogen-bond acceptors (Lipinski definition) is 2. The molecule has 0 bridgehead atoms. The lowest BCUT2D eigenvalue weighted by atomic mass is 10.1. The second-order valence-electron chi connectivity index (χ2n) is 5.78. The van der Waals surface area contributed by atoms with Gasteiger partial charge in [-0.3, -0.25) is 0 Å². The molecule has 102 valence electrons. The van der Waals surface area contributed by atoms with E-state index in [4.69, 9.17) is 4.74 Å². The highest BCUT2D eigenvalue weighted by molar-refractivity contribution is 5.40. The van der Waals surface area contributed by atoms with Gasteiger partial charge in [0.25, 0.3) is 0 Å². The van der Waals surface area contributed by atoms with Gasteiger partial charge >= 0.3 is 0 Å². The van der Waals surface area contributed by atoms with Crippen LogP contribution in [0.15, 0.2) is 48.5 Å². The van der Waals surface area contributed by atoms with Crippen LogP contribution in [0, 0.1) is 0 Å². The van der Waals surface area contributed by atoms with Gasteiger partial charge in [0.2, 0.25) is 0 Å². The van der Waals surface area contributed by atoms with Crippen LogP contribution in [0.5, 0.6) is 5.75 Å². The van der Waals surface area contributed by atoms with Gasteiger partial charge in [-0.1, -0.05) is 42.5 Å². The number of rotatable bonds is 4. The summed E-state index contributed by atoms with van der Waals surface area (Å²) < 4.78 is 5.55. The molecule has 1 saturated carbocycles. The summed E-state index contributed by atoms with van der Waals surface area (Å²) in [5.74, 6) is 1.77. The van der Waals surface area contributed by atoms with Crippen molar-refractivity contribution in [3.05, 3.63) is 65.2 Å². The first-order valence-electron chi connectivity index (χ1n) is 7.43. The van der Waals surface area contributed by atoms with Crippen molar-refractivity contribution in [2.75, 3.05) is 6.61 Å². The van der Waals surface area contributed by atoms with Crippen LogP contribution in [-0.4, -0.2) is 12.6 Å². The van der Waals surface area contributed by atoms with E-state index in [0.29, 0.717) is 12.0 Å². The summed E-state index contributed by atoms with van der Waals surface area (Å²) in [6.07, 6.45) is 2.32. The van der Waals surface area contributed by atoms with Crippen LogP contribution in [0.2, 0.25) is 0 Å². The number of nitrogens with one attached hydrogen (secondary N) is 1. The molecule has 2 nitrogen and oxygen atoms in total. The van der Waals surface area contributed by atoms with Gasteiger partial charge in [0.05, 0.1) is 6.61 Å². The molecule has 2 atom stereocenters. The Bertz CT molecular complexity index is 608. The van der Waals surface area contributed by atoms with Crippen molar-refractivity contribution in [1.29, 1.82) is 0 Å². The lowest BCUT2D eigenvalue weighted by Crippen LogP contribution is -2.17. The van der Waals surface area contributed by atoms with Crippen molar-refractivity contribution in [1.82, 2.24) is 5.32 Å². The zero-order chi connectivity index (χ0) is 13.4. The van der Waals surface area contributed by atoms with E-state index < -0.39 is 0 Å². The van der Waals surface area contributed by atoms with Gasteiger partial charge in [0, 0.05) is 24.9 Å².